The van der Waals surface area contributed by atoms with Crippen LogP contribution >= 0.6 is 0 Å². The fourth-order valence-electron chi connectivity index (χ4n) is 2.58. The first-order valence-corrected chi connectivity index (χ1v) is 6.57. The molecule has 0 spiro atoms. The maximum absolute atomic E-state index is 11.2. The number of fused-ring (bicyclic) bond motifs is 1. The predicted molar refractivity (Wildman–Crippen MR) is 71.8 cm³/mol. The molecule has 5 nitrogen and oxygen atoms in total. The van der Waals surface area contributed by atoms with Gasteiger partial charge in [-0.1, -0.05) is 0 Å². The zero-order valence-electron chi connectivity index (χ0n) is 10.9. The monoisotopic (exact) mass is 259 g/mol. The Morgan fingerprint density at radius 2 is 2.32 bits per heavy atom. The number of aromatic nitrogens is 2. The van der Waals surface area contributed by atoms with Crippen molar-refractivity contribution in [3.8, 4) is 0 Å². The molecule has 19 heavy (non-hydrogen) atoms. The predicted octanol–water partition coefficient (Wildman–Crippen LogP) is 2.14. The van der Waals surface area contributed by atoms with Crippen molar-refractivity contribution in [2.24, 2.45) is 5.73 Å². The van der Waals surface area contributed by atoms with E-state index < -0.39 is 5.91 Å². The van der Waals surface area contributed by atoms with Gasteiger partial charge in [0.15, 0.2) is 6.23 Å². The number of amides is 1. The summed E-state index contributed by atoms with van der Waals surface area (Å²) in [5.74, 6) is -0.414. The molecule has 1 unspecified atom stereocenters. The second kappa shape index (κ2) is 4.66. The molecule has 1 amide bonds. The Bertz CT molecular complexity index is 627. The van der Waals surface area contributed by atoms with Crippen molar-refractivity contribution in [1.29, 1.82) is 0 Å². The van der Waals surface area contributed by atoms with Crippen LogP contribution in [0.5, 0.6) is 0 Å². The number of nitrogens with zero attached hydrogens (tertiary/aromatic N) is 2. The number of benzene rings is 1. The quantitative estimate of drug-likeness (QED) is 0.898. The number of ether oxygens (including phenoxy) is 1. The molecule has 0 saturated carbocycles. The van der Waals surface area contributed by atoms with E-state index in [4.69, 9.17) is 10.5 Å². The Balaban J connectivity index is 2.08. The van der Waals surface area contributed by atoms with Crippen LogP contribution in [0, 0.1) is 6.92 Å². The third-order valence-corrected chi connectivity index (χ3v) is 3.60. The van der Waals surface area contributed by atoms with Gasteiger partial charge in [0.05, 0.1) is 11.2 Å². The minimum absolute atomic E-state index is 0.00405. The summed E-state index contributed by atoms with van der Waals surface area (Å²) in [5.41, 5.74) is 7.72. The molecule has 1 atom stereocenters. The van der Waals surface area contributed by atoms with Crippen molar-refractivity contribution in [1.82, 2.24) is 9.78 Å². The number of nitrogens with two attached hydrogens (primary N) is 1. The number of rotatable bonds is 2. The summed E-state index contributed by atoms with van der Waals surface area (Å²) in [6.07, 6.45) is 3.25. The standard InChI is InChI=1S/C14H17N3O2/c1-9-11-8-10(14(15)18)5-6-12(11)17(16-9)13-4-2-3-7-19-13/h5-6,8,13H,2-4,7H2,1H3,(H2,15,18). The number of carbonyl (C=O) groups excluding carboxylic acids is 1. The number of carbonyl (C=O) groups is 1. The molecule has 1 aliphatic heterocycles. The molecule has 2 aromatic rings. The summed E-state index contributed by atoms with van der Waals surface area (Å²) >= 11 is 0. The number of hydrogen-bond acceptors (Lipinski definition) is 3. The summed E-state index contributed by atoms with van der Waals surface area (Å²) in [7, 11) is 0. The van der Waals surface area contributed by atoms with E-state index in [-0.39, 0.29) is 6.23 Å². The molecule has 1 aromatic heterocycles. The average molecular weight is 259 g/mol. The molecule has 1 saturated heterocycles. The van der Waals surface area contributed by atoms with E-state index in [1.54, 1.807) is 12.1 Å². The van der Waals surface area contributed by atoms with E-state index in [9.17, 15) is 4.79 Å². The molecule has 0 bridgehead atoms. The number of hydrogen-bond donors (Lipinski definition) is 1. The van der Waals surface area contributed by atoms with Crippen molar-refractivity contribution in [3.05, 3.63) is 29.5 Å². The van der Waals surface area contributed by atoms with Crippen molar-refractivity contribution >= 4 is 16.8 Å². The molecule has 5 heteroatoms. The molecule has 1 aromatic carbocycles. The highest BCUT2D eigenvalue weighted by Crippen LogP contribution is 2.28. The van der Waals surface area contributed by atoms with Gasteiger partial charge in [-0.25, -0.2) is 4.68 Å². The minimum atomic E-state index is -0.414. The van der Waals surface area contributed by atoms with E-state index in [0.29, 0.717) is 5.56 Å². The first kappa shape index (κ1) is 12.2. The number of primary amides is 1. The number of aryl methyl sites for hydroxylation is 1. The lowest BCUT2D eigenvalue weighted by Gasteiger charge is -2.23. The highest BCUT2D eigenvalue weighted by Gasteiger charge is 2.20. The van der Waals surface area contributed by atoms with Crippen LogP contribution in [-0.2, 0) is 4.74 Å². The van der Waals surface area contributed by atoms with Crippen LogP contribution in [-0.4, -0.2) is 22.3 Å². The van der Waals surface area contributed by atoms with Crippen molar-refractivity contribution in [2.45, 2.75) is 32.4 Å². The second-order valence-corrected chi connectivity index (χ2v) is 4.95. The lowest BCUT2D eigenvalue weighted by Crippen LogP contribution is -2.19. The molecule has 2 N–H and O–H groups in total. The first-order chi connectivity index (χ1) is 9.16. The van der Waals surface area contributed by atoms with Gasteiger partial charge >= 0.3 is 0 Å². The van der Waals surface area contributed by atoms with Gasteiger partial charge in [-0.3, -0.25) is 4.79 Å². The van der Waals surface area contributed by atoms with Gasteiger partial charge in [0.2, 0.25) is 5.91 Å². The molecule has 2 heterocycles. The summed E-state index contributed by atoms with van der Waals surface area (Å²) in [5, 5.41) is 5.52. The Labute approximate surface area is 111 Å². The molecule has 100 valence electrons. The second-order valence-electron chi connectivity index (χ2n) is 4.95. The van der Waals surface area contributed by atoms with Crippen LogP contribution in [0.15, 0.2) is 18.2 Å². The van der Waals surface area contributed by atoms with Gasteiger partial charge < -0.3 is 10.5 Å². The van der Waals surface area contributed by atoms with Crippen LogP contribution in [0.1, 0.15) is 41.5 Å². The normalized spacial score (nSPS) is 19.7. The Kier molecular flexibility index (Phi) is 2.98. The fraction of sp³-hybridized carbons (Fsp3) is 0.429. The molecule has 1 fully saturated rings. The van der Waals surface area contributed by atoms with Crippen molar-refractivity contribution in [3.63, 3.8) is 0 Å². The highest BCUT2D eigenvalue weighted by atomic mass is 16.5. The summed E-state index contributed by atoms with van der Waals surface area (Å²) in [6.45, 7) is 2.72. The van der Waals surface area contributed by atoms with E-state index in [1.165, 1.54) is 0 Å². The highest BCUT2D eigenvalue weighted by molar-refractivity contribution is 5.97. The van der Waals surface area contributed by atoms with E-state index in [2.05, 4.69) is 5.10 Å². The summed E-state index contributed by atoms with van der Waals surface area (Å²) in [4.78, 5) is 11.2. The molecular formula is C14H17N3O2. The first-order valence-electron chi connectivity index (χ1n) is 6.57. The average Bonchev–Trinajstić information content (AvgIpc) is 2.77. The fourth-order valence-corrected chi connectivity index (χ4v) is 2.58. The smallest absolute Gasteiger partial charge is 0.248 e. The maximum Gasteiger partial charge on any atom is 0.248 e. The molecule has 3 rings (SSSR count). The summed E-state index contributed by atoms with van der Waals surface area (Å²) in [6, 6.07) is 5.44. The minimum Gasteiger partial charge on any atom is -0.366 e. The lowest BCUT2D eigenvalue weighted by molar-refractivity contribution is -0.0368. The third-order valence-electron chi connectivity index (χ3n) is 3.60. The lowest BCUT2D eigenvalue weighted by atomic mass is 10.1. The van der Waals surface area contributed by atoms with Crippen molar-refractivity contribution < 1.29 is 9.53 Å². The van der Waals surface area contributed by atoms with E-state index in [1.807, 2.05) is 17.7 Å². The van der Waals surface area contributed by atoms with Gasteiger partial charge in [-0.15, -0.1) is 0 Å². The topological polar surface area (TPSA) is 70.1 Å². The van der Waals surface area contributed by atoms with E-state index >= 15 is 0 Å². The largest absolute Gasteiger partial charge is 0.366 e. The Morgan fingerprint density at radius 3 is 3.00 bits per heavy atom. The van der Waals surface area contributed by atoms with Crippen LogP contribution in [0.3, 0.4) is 0 Å². The maximum atomic E-state index is 11.2. The van der Waals surface area contributed by atoms with Gasteiger partial charge in [-0.2, -0.15) is 5.10 Å². The van der Waals surface area contributed by atoms with Gasteiger partial charge in [0.1, 0.15) is 0 Å². The zero-order valence-corrected chi connectivity index (χ0v) is 10.9. The SMILES string of the molecule is Cc1nn(C2CCCCO2)c2ccc(C(N)=O)cc12. The molecule has 1 aliphatic rings. The van der Waals surface area contributed by atoms with Crippen LogP contribution in [0.2, 0.25) is 0 Å². The molecule has 0 aliphatic carbocycles. The van der Waals surface area contributed by atoms with Gasteiger partial charge in [-0.05, 0) is 44.4 Å². The van der Waals surface area contributed by atoms with Crippen LogP contribution < -0.4 is 5.73 Å². The third kappa shape index (κ3) is 2.10. The van der Waals surface area contributed by atoms with Gasteiger partial charge in [0.25, 0.3) is 0 Å². The van der Waals surface area contributed by atoms with Crippen molar-refractivity contribution in [2.75, 3.05) is 6.61 Å². The van der Waals surface area contributed by atoms with Crippen LogP contribution in [0.4, 0.5) is 0 Å². The zero-order chi connectivity index (χ0) is 13.4. The Hall–Kier alpha value is -1.88. The van der Waals surface area contributed by atoms with E-state index in [0.717, 1.165) is 42.5 Å². The van der Waals surface area contributed by atoms with Crippen LogP contribution in [0.25, 0.3) is 10.9 Å². The molecule has 0 radical (unpaired) electrons. The Morgan fingerprint density at radius 1 is 1.47 bits per heavy atom. The molecular weight excluding hydrogens is 242 g/mol. The van der Waals surface area contributed by atoms with Gasteiger partial charge in [0, 0.05) is 17.6 Å². The summed E-state index contributed by atoms with van der Waals surface area (Å²) < 4.78 is 7.70.